The smallest absolute Gasteiger partial charge is 0.306 e. The molecule has 2 bridgehead atoms. The summed E-state index contributed by atoms with van der Waals surface area (Å²) in [7, 11) is 1.60. The standard InChI is InChI=1S/C25H37NO9/c1-25(2,30)11-5-4-6-18(28)34-23-20(29)17-13-32-21(14-7-9-15(31-3)10-8-14)19-22(16(27)12-26-19)35-24(23)33-17/h7-10,16-17,19-24,26-27,29-30H,4-6,11-13H2,1-3H3/t16-,17+,19+,20-,21+,22+,23+,24-/m0/s1. The number of unbranched alkanes of at least 4 members (excludes halogenated alkanes) is 1. The molecule has 4 N–H and O–H groups in total. The minimum atomic E-state index is -1.14. The van der Waals surface area contributed by atoms with Crippen LogP contribution in [-0.4, -0.2) is 90.0 Å². The molecule has 0 aliphatic carbocycles. The van der Waals surface area contributed by atoms with Crippen LogP contribution in [0.15, 0.2) is 24.3 Å². The van der Waals surface area contributed by atoms with Crippen LogP contribution < -0.4 is 10.1 Å². The highest BCUT2D eigenvalue weighted by molar-refractivity contribution is 5.69. The molecular formula is C25H37NO9. The summed E-state index contributed by atoms with van der Waals surface area (Å²) in [5, 5.41) is 34.6. The molecule has 3 aliphatic rings. The molecule has 1 aromatic rings. The lowest BCUT2D eigenvalue weighted by atomic mass is 9.97. The predicted octanol–water partition coefficient (Wildman–Crippen LogP) is 0.813. The van der Waals surface area contributed by atoms with Gasteiger partial charge in [0.2, 0.25) is 0 Å². The number of methoxy groups -OCH3 is 1. The molecule has 0 amide bonds. The van der Waals surface area contributed by atoms with Gasteiger partial charge in [0, 0.05) is 13.0 Å². The van der Waals surface area contributed by atoms with Crippen LogP contribution in [0.4, 0.5) is 0 Å². The largest absolute Gasteiger partial charge is 0.497 e. The Kier molecular flexibility index (Phi) is 8.32. The van der Waals surface area contributed by atoms with Gasteiger partial charge in [0.1, 0.15) is 30.2 Å². The van der Waals surface area contributed by atoms with Gasteiger partial charge in [0.15, 0.2) is 12.4 Å². The number of aliphatic hydroxyl groups is 3. The van der Waals surface area contributed by atoms with E-state index in [2.05, 4.69) is 5.32 Å². The fourth-order valence-electron chi connectivity index (χ4n) is 4.85. The van der Waals surface area contributed by atoms with Gasteiger partial charge in [-0.2, -0.15) is 0 Å². The highest BCUT2D eigenvalue weighted by Gasteiger charge is 2.53. The number of carbonyl (C=O) groups excluding carboxylic acids is 1. The molecule has 0 unspecified atom stereocenters. The van der Waals surface area contributed by atoms with Crippen molar-refractivity contribution in [1.82, 2.24) is 5.32 Å². The summed E-state index contributed by atoms with van der Waals surface area (Å²) in [6, 6.07) is 7.07. The monoisotopic (exact) mass is 495 g/mol. The fourth-order valence-corrected chi connectivity index (χ4v) is 4.85. The van der Waals surface area contributed by atoms with E-state index in [-0.39, 0.29) is 19.1 Å². The van der Waals surface area contributed by atoms with Gasteiger partial charge in [-0.3, -0.25) is 4.79 Å². The van der Waals surface area contributed by atoms with E-state index in [0.717, 1.165) is 5.56 Å². The van der Waals surface area contributed by atoms with Crippen molar-refractivity contribution in [3.63, 3.8) is 0 Å². The molecule has 10 heteroatoms. The van der Waals surface area contributed by atoms with Crippen LogP contribution in [0.3, 0.4) is 0 Å². The summed E-state index contributed by atoms with van der Waals surface area (Å²) in [6.45, 7) is 3.81. The van der Waals surface area contributed by atoms with E-state index in [1.165, 1.54) is 0 Å². The molecule has 0 spiro atoms. The van der Waals surface area contributed by atoms with Gasteiger partial charge in [0.05, 0.1) is 31.5 Å². The van der Waals surface area contributed by atoms with Crippen molar-refractivity contribution in [1.29, 1.82) is 0 Å². The summed E-state index contributed by atoms with van der Waals surface area (Å²) in [4.78, 5) is 12.5. The number of esters is 1. The van der Waals surface area contributed by atoms with Crippen LogP contribution in [0, 0.1) is 0 Å². The van der Waals surface area contributed by atoms with Crippen LogP contribution in [0.5, 0.6) is 5.75 Å². The van der Waals surface area contributed by atoms with E-state index in [1.807, 2.05) is 24.3 Å². The zero-order chi connectivity index (χ0) is 25.2. The van der Waals surface area contributed by atoms with Crippen molar-refractivity contribution in [3.8, 4) is 5.75 Å². The Bertz CT molecular complexity index is 842. The number of hydrogen-bond acceptors (Lipinski definition) is 10. The topological polar surface area (TPSA) is 136 Å². The number of fused-ring (bicyclic) bond motifs is 3. The second-order valence-electron chi connectivity index (χ2n) is 10.1. The minimum absolute atomic E-state index is 0.0539. The van der Waals surface area contributed by atoms with Gasteiger partial charge in [-0.05, 0) is 44.4 Å². The zero-order valence-corrected chi connectivity index (χ0v) is 20.5. The van der Waals surface area contributed by atoms with E-state index in [9.17, 15) is 20.1 Å². The molecule has 8 atom stereocenters. The van der Waals surface area contributed by atoms with Gasteiger partial charge in [-0.1, -0.05) is 18.6 Å². The number of aliphatic hydroxyl groups excluding tert-OH is 2. The molecule has 3 saturated heterocycles. The van der Waals surface area contributed by atoms with Gasteiger partial charge < -0.3 is 44.3 Å². The molecule has 4 rings (SSSR count). The average Bonchev–Trinajstić information content (AvgIpc) is 3.33. The van der Waals surface area contributed by atoms with E-state index >= 15 is 0 Å². The van der Waals surface area contributed by atoms with Crippen molar-refractivity contribution in [2.45, 2.75) is 94.1 Å². The van der Waals surface area contributed by atoms with Crippen LogP contribution in [-0.2, 0) is 23.7 Å². The van der Waals surface area contributed by atoms with Crippen molar-refractivity contribution in [2.24, 2.45) is 0 Å². The molecule has 35 heavy (non-hydrogen) atoms. The third-order valence-corrected chi connectivity index (χ3v) is 6.78. The number of nitrogens with one attached hydrogen (secondary N) is 1. The first-order valence-electron chi connectivity index (χ1n) is 12.2. The molecule has 3 heterocycles. The number of benzene rings is 1. The maximum absolute atomic E-state index is 12.5. The Balaban J connectivity index is 1.44. The summed E-state index contributed by atoms with van der Waals surface area (Å²) >= 11 is 0. The van der Waals surface area contributed by atoms with E-state index in [1.54, 1.807) is 21.0 Å². The molecule has 10 nitrogen and oxygen atoms in total. The van der Waals surface area contributed by atoms with E-state index < -0.39 is 54.5 Å². The lowest BCUT2D eigenvalue weighted by Gasteiger charge is -2.32. The lowest BCUT2D eigenvalue weighted by Crippen LogP contribution is -2.47. The maximum Gasteiger partial charge on any atom is 0.306 e. The molecule has 0 radical (unpaired) electrons. The molecule has 196 valence electrons. The third kappa shape index (κ3) is 6.32. The Labute approximate surface area is 205 Å². The fraction of sp³-hybridized carbons (Fsp3) is 0.720. The van der Waals surface area contributed by atoms with Crippen LogP contribution in [0.1, 0.15) is 51.2 Å². The van der Waals surface area contributed by atoms with E-state index in [4.69, 9.17) is 23.7 Å². The Morgan fingerprint density at radius 1 is 1.17 bits per heavy atom. The quantitative estimate of drug-likeness (QED) is 0.303. The first-order chi connectivity index (χ1) is 16.7. The van der Waals surface area contributed by atoms with Gasteiger partial charge in [0.25, 0.3) is 0 Å². The van der Waals surface area contributed by atoms with E-state index in [0.29, 0.717) is 31.6 Å². The second-order valence-corrected chi connectivity index (χ2v) is 10.1. The number of rotatable bonds is 8. The summed E-state index contributed by atoms with van der Waals surface area (Å²) in [5.74, 6) is 0.241. The molecule has 0 saturated carbocycles. The summed E-state index contributed by atoms with van der Waals surface area (Å²) in [5.41, 5.74) is 0.0858. The Morgan fingerprint density at radius 2 is 1.91 bits per heavy atom. The molecule has 3 fully saturated rings. The molecule has 0 aromatic heterocycles. The Morgan fingerprint density at radius 3 is 2.60 bits per heavy atom. The SMILES string of the molecule is COc1ccc([C@H]2OC[C@H]3O[C@@H](O[C@H]4[C@@H]2NC[C@@H]4O)[C@H](OC(=O)CCCCC(C)(C)O)[C@H]3O)cc1. The van der Waals surface area contributed by atoms with Crippen LogP contribution in [0.2, 0.25) is 0 Å². The minimum Gasteiger partial charge on any atom is -0.497 e. The van der Waals surface area contributed by atoms with Crippen molar-refractivity contribution < 1.29 is 43.8 Å². The number of hydrogen-bond donors (Lipinski definition) is 4. The van der Waals surface area contributed by atoms with Crippen molar-refractivity contribution >= 4 is 5.97 Å². The molecule has 3 aliphatic heterocycles. The Hall–Kier alpha value is -1.79. The average molecular weight is 496 g/mol. The summed E-state index contributed by atoms with van der Waals surface area (Å²) < 4.78 is 29.0. The number of ether oxygens (including phenoxy) is 5. The van der Waals surface area contributed by atoms with Gasteiger partial charge in [-0.25, -0.2) is 0 Å². The summed E-state index contributed by atoms with van der Waals surface area (Å²) in [6.07, 6.45) is -4.00. The lowest BCUT2D eigenvalue weighted by molar-refractivity contribution is -0.213. The molecule has 1 aromatic carbocycles. The normalized spacial score (nSPS) is 35.0. The zero-order valence-electron chi connectivity index (χ0n) is 20.5. The van der Waals surface area contributed by atoms with Gasteiger partial charge in [-0.15, -0.1) is 0 Å². The number of β-amino-alcohol motifs (C(OH)–C–C–N with tert-alkyl or cyclic N) is 1. The van der Waals surface area contributed by atoms with Crippen LogP contribution >= 0.6 is 0 Å². The van der Waals surface area contributed by atoms with Crippen LogP contribution in [0.25, 0.3) is 0 Å². The first kappa shape index (κ1) is 26.3. The third-order valence-electron chi connectivity index (χ3n) is 6.78. The highest BCUT2D eigenvalue weighted by atomic mass is 16.7. The van der Waals surface area contributed by atoms with Gasteiger partial charge >= 0.3 is 5.97 Å². The number of carbonyl (C=O) groups is 1. The van der Waals surface area contributed by atoms with Crippen molar-refractivity contribution in [3.05, 3.63) is 29.8 Å². The maximum atomic E-state index is 12.5. The molecular weight excluding hydrogens is 458 g/mol. The highest BCUT2D eigenvalue weighted by Crippen LogP contribution is 2.36. The second kappa shape index (κ2) is 11.1. The first-order valence-corrected chi connectivity index (χ1v) is 12.2. The van der Waals surface area contributed by atoms with Crippen molar-refractivity contribution in [2.75, 3.05) is 20.3 Å². The predicted molar refractivity (Wildman–Crippen MR) is 124 cm³/mol.